The molecule has 0 N–H and O–H groups in total. The van der Waals surface area contributed by atoms with Gasteiger partial charge in [-0.05, 0) is 39.5 Å². The van der Waals surface area contributed by atoms with Crippen LogP contribution in [0.5, 0.6) is 0 Å². The molecule has 3 aliphatic carbocycles. The molecule has 1 fully saturated rings. The molecule has 1 unspecified atom stereocenters. The number of benzene rings is 6. The molecular formula is C59H62Zr. The van der Waals surface area contributed by atoms with Crippen LogP contribution in [0.15, 0.2) is 157 Å². The molecule has 6 aromatic carbocycles. The monoisotopic (exact) mass is 860 g/mol. The number of hydrogen-bond acceptors (Lipinski definition) is 0. The maximum atomic E-state index is 3.88. The van der Waals surface area contributed by atoms with E-state index in [4.69, 9.17) is 0 Å². The zero-order chi connectivity index (χ0) is 42.5. The summed E-state index contributed by atoms with van der Waals surface area (Å²) in [4.78, 5) is 0. The van der Waals surface area contributed by atoms with Gasteiger partial charge in [0.05, 0.1) is 0 Å². The van der Waals surface area contributed by atoms with Gasteiger partial charge in [-0.25, -0.2) is 6.08 Å². The normalized spacial score (nSPS) is 16.4. The topological polar surface area (TPSA) is 0 Å². The van der Waals surface area contributed by atoms with Crippen LogP contribution >= 0.6 is 0 Å². The third-order valence-corrected chi connectivity index (χ3v) is 14.0. The van der Waals surface area contributed by atoms with Crippen molar-refractivity contribution in [2.24, 2.45) is 11.3 Å². The van der Waals surface area contributed by atoms with Gasteiger partial charge in [0.2, 0.25) is 0 Å². The third-order valence-electron chi connectivity index (χ3n) is 12.5. The fourth-order valence-corrected chi connectivity index (χ4v) is 9.88. The summed E-state index contributed by atoms with van der Waals surface area (Å²) >= 11 is 1.46. The van der Waals surface area contributed by atoms with Crippen molar-refractivity contribution < 1.29 is 24.2 Å². The Kier molecular flexibility index (Phi) is 13.6. The molecule has 1 saturated carbocycles. The van der Waals surface area contributed by atoms with Crippen molar-refractivity contribution in [3.05, 3.63) is 203 Å². The second kappa shape index (κ2) is 18.7. The van der Waals surface area contributed by atoms with Gasteiger partial charge in [-0.15, -0.1) is 28.8 Å². The minimum atomic E-state index is 0.0380. The molecule has 0 nitrogen and oxygen atoms in total. The number of fused-ring (bicyclic) bond motifs is 3. The zero-order valence-electron chi connectivity index (χ0n) is 37.3. The van der Waals surface area contributed by atoms with Crippen LogP contribution in [0.25, 0.3) is 33.4 Å². The Labute approximate surface area is 377 Å². The first kappa shape index (κ1) is 43.6. The number of allylic oxidation sites excluding steroid dienone is 4. The molecule has 0 aliphatic heterocycles. The molecule has 0 heterocycles. The summed E-state index contributed by atoms with van der Waals surface area (Å²) in [6.45, 7) is 18.5. The third kappa shape index (κ3) is 10.2. The Morgan fingerprint density at radius 3 is 1.60 bits per heavy atom. The summed E-state index contributed by atoms with van der Waals surface area (Å²) in [5.74, 6) is 0.550. The van der Waals surface area contributed by atoms with E-state index in [-0.39, 0.29) is 10.8 Å². The van der Waals surface area contributed by atoms with Crippen molar-refractivity contribution >= 4 is 3.21 Å². The van der Waals surface area contributed by atoms with Crippen LogP contribution in [-0.2, 0) is 41.5 Å². The van der Waals surface area contributed by atoms with Crippen LogP contribution in [0.2, 0.25) is 0 Å². The molecule has 6 aromatic rings. The molecular weight excluding hydrogens is 800 g/mol. The average Bonchev–Trinajstić information content (AvgIpc) is 3.87. The van der Waals surface area contributed by atoms with Gasteiger partial charge >= 0.3 is 99.2 Å². The van der Waals surface area contributed by atoms with Crippen molar-refractivity contribution in [1.82, 2.24) is 0 Å². The molecule has 0 amide bonds. The standard InChI is InChI=1S/C33H33.C13H19.C13H10.Zr/c1-32(2,3)30-20-26-24(18-28(30)22-13-9-7-10-14-22)17-25-19-29(23-15-11-8-12-16-23)31(21-27(25)26)33(4,5)6;1-11-6-7-12(10-11)13(2)8-4-3-5-9-13;1-3-7-12(8-4-1)11-13-9-5-2-6-10-13;/h7-16,18,20-21H,17H2,1-6H3;7,10-11H,3-5,8-9H2,1-2H3;1-10H;/q2*-1;;+2. The Morgan fingerprint density at radius 1 is 0.600 bits per heavy atom. The molecule has 1 atom stereocenters. The van der Waals surface area contributed by atoms with Gasteiger partial charge in [-0.1, -0.05) is 188 Å². The van der Waals surface area contributed by atoms with Crippen molar-refractivity contribution in [2.45, 2.75) is 105 Å². The van der Waals surface area contributed by atoms with Crippen molar-refractivity contribution in [1.29, 1.82) is 0 Å². The summed E-state index contributed by atoms with van der Waals surface area (Å²) in [6, 6.07) is 53.9. The second-order valence-electron chi connectivity index (χ2n) is 19.4. The van der Waals surface area contributed by atoms with Crippen molar-refractivity contribution in [3.63, 3.8) is 0 Å². The first-order valence-electron chi connectivity index (χ1n) is 22.1. The molecule has 3 aliphatic rings. The quantitative estimate of drug-likeness (QED) is 0.151. The zero-order valence-corrected chi connectivity index (χ0v) is 39.7. The molecule has 302 valence electrons. The van der Waals surface area contributed by atoms with Gasteiger partial charge in [0.25, 0.3) is 0 Å². The predicted octanol–water partition coefficient (Wildman–Crippen LogP) is 15.7. The van der Waals surface area contributed by atoms with Gasteiger partial charge in [-0.2, -0.15) is 11.6 Å². The van der Waals surface area contributed by atoms with Crippen molar-refractivity contribution in [2.75, 3.05) is 0 Å². The summed E-state index contributed by atoms with van der Waals surface area (Å²) in [5, 5.41) is 0. The van der Waals surface area contributed by atoms with E-state index in [1.54, 1.807) is 5.57 Å². The molecule has 9 rings (SSSR count). The van der Waals surface area contributed by atoms with E-state index in [2.05, 4.69) is 219 Å². The fourth-order valence-electron chi connectivity index (χ4n) is 9.06. The summed E-state index contributed by atoms with van der Waals surface area (Å²) in [7, 11) is 0. The first-order chi connectivity index (χ1) is 28.7. The average molecular weight is 862 g/mol. The molecule has 60 heavy (non-hydrogen) atoms. The van der Waals surface area contributed by atoms with E-state index in [0.29, 0.717) is 11.3 Å². The summed E-state index contributed by atoms with van der Waals surface area (Å²) in [5.41, 5.74) is 18.2. The van der Waals surface area contributed by atoms with Crippen LogP contribution in [0.4, 0.5) is 0 Å². The van der Waals surface area contributed by atoms with Gasteiger partial charge in [0.15, 0.2) is 0 Å². The Bertz CT molecular complexity index is 2300. The molecule has 1 heteroatoms. The van der Waals surface area contributed by atoms with Gasteiger partial charge < -0.3 is 0 Å². The Balaban J connectivity index is 0.000000165. The maximum absolute atomic E-state index is 3.88. The van der Waals surface area contributed by atoms with Crippen LogP contribution in [0.1, 0.15) is 121 Å². The van der Waals surface area contributed by atoms with E-state index in [1.165, 1.54) is 126 Å². The molecule has 0 saturated heterocycles. The van der Waals surface area contributed by atoms with E-state index in [9.17, 15) is 0 Å². The van der Waals surface area contributed by atoms with Crippen LogP contribution in [0, 0.1) is 23.5 Å². The van der Waals surface area contributed by atoms with Gasteiger partial charge in [-0.3, -0.25) is 6.08 Å². The van der Waals surface area contributed by atoms with E-state index >= 15 is 0 Å². The Hall–Kier alpha value is -4.45. The Morgan fingerprint density at radius 2 is 1.10 bits per heavy atom. The summed E-state index contributed by atoms with van der Waals surface area (Å²) < 4.78 is 1.42. The van der Waals surface area contributed by atoms with Crippen LogP contribution in [0.3, 0.4) is 0 Å². The van der Waals surface area contributed by atoms with Crippen LogP contribution < -0.4 is 0 Å². The SMILES string of the molecule is CC(C)(C)c1cc2c([c-]c1-c1ccccc1)Cc1cc(-c3ccccc3)c(C(C)(C)C)cc1-2.CC1[C-]=CC(C2(C)CCCCC2)=C1.[Zr+2]=[C](c1ccccc1)c1ccccc1. The number of rotatable bonds is 5. The predicted molar refractivity (Wildman–Crippen MR) is 254 cm³/mol. The molecule has 0 aromatic heterocycles. The van der Waals surface area contributed by atoms with Crippen LogP contribution in [-0.4, -0.2) is 3.21 Å². The van der Waals surface area contributed by atoms with Gasteiger partial charge in [0, 0.05) is 0 Å². The molecule has 0 spiro atoms. The van der Waals surface area contributed by atoms with E-state index < -0.39 is 0 Å². The minimum absolute atomic E-state index is 0.0380. The fraction of sp³-hybridized carbons (Fsp3) is 0.305. The van der Waals surface area contributed by atoms with E-state index in [1.807, 2.05) is 0 Å². The molecule has 0 bridgehead atoms. The first-order valence-corrected chi connectivity index (χ1v) is 23.3. The second-order valence-corrected chi connectivity index (χ2v) is 20.6. The van der Waals surface area contributed by atoms with Crippen molar-refractivity contribution in [3.8, 4) is 33.4 Å². The van der Waals surface area contributed by atoms with Gasteiger partial charge in [0.1, 0.15) is 0 Å². The summed E-state index contributed by atoms with van der Waals surface area (Å²) in [6.07, 6.45) is 16.0. The number of hydrogen-bond donors (Lipinski definition) is 0. The van der Waals surface area contributed by atoms with E-state index in [0.717, 1.165) is 6.42 Å². The molecule has 0 radical (unpaired) electrons.